The fraction of sp³-hybridized carbons (Fsp3) is 0.167. The molecule has 1 aromatic carbocycles. The molecule has 4 aromatic rings. The van der Waals surface area contributed by atoms with Crippen LogP contribution in [-0.2, 0) is 4.79 Å². The Morgan fingerprint density at radius 1 is 1.38 bits per heavy atom. The number of nitrogens with two attached hydrogens (primary N) is 1. The van der Waals surface area contributed by atoms with Crippen LogP contribution < -0.4 is 11.1 Å². The van der Waals surface area contributed by atoms with E-state index >= 15 is 0 Å². The molecule has 1 amide bonds. The van der Waals surface area contributed by atoms with Gasteiger partial charge in [-0.15, -0.1) is 11.3 Å². The molecule has 26 heavy (non-hydrogen) atoms. The number of carbonyl (C=O) groups excluding carboxylic acids is 1. The second-order valence-electron chi connectivity index (χ2n) is 6.00. The molecule has 4 N–H and O–H groups in total. The van der Waals surface area contributed by atoms with Crippen molar-refractivity contribution in [3.05, 3.63) is 47.8 Å². The fourth-order valence-electron chi connectivity index (χ4n) is 2.98. The van der Waals surface area contributed by atoms with Crippen molar-refractivity contribution in [2.45, 2.75) is 13.0 Å². The first-order chi connectivity index (χ1) is 12.5. The summed E-state index contributed by atoms with van der Waals surface area (Å²) in [6, 6.07) is 9.18. The molecule has 0 bridgehead atoms. The molecule has 0 saturated carbocycles. The maximum Gasteiger partial charge on any atom is 0.250 e. The Labute approximate surface area is 153 Å². The topological polar surface area (TPSA) is 106 Å². The van der Waals surface area contributed by atoms with E-state index in [1.165, 1.54) is 0 Å². The van der Waals surface area contributed by atoms with Crippen molar-refractivity contribution in [2.24, 2.45) is 5.73 Å². The Kier molecular flexibility index (Phi) is 3.86. The summed E-state index contributed by atoms with van der Waals surface area (Å²) in [7, 11) is 1.82. The summed E-state index contributed by atoms with van der Waals surface area (Å²) in [6.45, 7) is 2.00. The number of primary amides is 1. The Morgan fingerprint density at radius 2 is 2.19 bits per heavy atom. The van der Waals surface area contributed by atoms with Crippen molar-refractivity contribution >= 4 is 39.1 Å². The van der Waals surface area contributed by atoms with Gasteiger partial charge in [0.25, 0.3) is 5.91 Å². The fourth-order valence-corrected chi connectivity index (χ4v) is 4.13. The third-order valence-corrected chi connectivity index (χ3v) is 5.43. The van der Waals surface area contributed by atoms with Gasteiger partial charge < -0.3 is 16.2 Å². The maximum atomic E-state index is 11.3. The standard InChI is InChI=1S/C18H17N5O2S/c1-9-8-21-17-16(20-2)22-12-7-13(26-18(12)23(9)17)10-4-3-5-11(6-10)14(24)15(19)25/h3-8,14,24H,1-2H3,(H2,19,25)(H,20,22). The Bertz CT molecular complexity index is 1150. The van der Waals surface area contributed by atoms with Gasteiger partial charge in [0.1, 0.15) is 10.3 Å². The van der Waals surface area contributed by atoms with Crippen LogP contribution in [0.3, 0.4) is 0 Å². The first-order valence-corrected chi connectivity index (χ1v) is 8.84. The highest BCUT2D eigenvalue weighted by atomic mass is 32.1. The average Bonchev–Trinajstić information content (AvgIpc) is 3.24. The van der Waals surface area contributed by atoms with Crippen LogP contribution >= 0.6 is 11.3 Å². The number of fused-ring (bicyclic) bond motifs is 3. The third kappa shape index (κ3) is 2.51. The lowest BCUT2D eigenvalue weighted by Gasteiger charge is -2.07. The highest BCUT2D eigenvalue weighted by Gasteiger charge is 2.17. The van der Waals surface area contributed by atoms with Crippen molar-refractivity contribution in [3.63, 3.8) is 0 Å². The summed E-state index contributed by atoms with van der Waals surface area (Å²) >= 11 is 1.58. The molecule has 0 aliphatic carbocycles. The summed E-state index contributed by atoms with van der Waals surface area (Å²) in [4.78, 5) is 22.3. The second-order valence-corrected chi connectivity index (χ2v) is 7.03. The Morgan fingerprint density at radius 3 is 2.92 bits per heavy atom. The van der Waals surface area contributed by atoms with E-state index in [9.17, 15) is 9.90 Å². The Balaban J connectivity index is 1.91. The molecule has 0 aliphatic rings. The lowest BCUT2D eigenvalue weighted by atomic mass is 10.0. The summed E-state index contributed by atoms with van der Waals surface area (Å²) < 4.78 is 2.07. The van der Waals surface area contributed by atoms with E-state index in [-0.39, 0.29) is 0 Å². The smallest absolute Gasteiger partial charge is 0.250 e. The van der Waals surface area contributed by atoms with E-state index in [0.29, 0.717) is 11.4 Å². The number of aromatic nitrogens is 3. The minimum absolute atomic E-state index is 0.472. The first kappa shape index (κ1) is 16.5. The van der Waals surface area contributed by atoms with Gasteiger partial charge in [-0.25, -0.2) is 9.97 Å². The largest absolute Gasteiger partial charge is 0.378 e. The normalized spacial score (nSPS) is 12.6. The molecule has 0 fully saturated rings. The van der Waals surface area contributed by atoms with Gasteiger partial charge in [0, 0.05) is 23.8 Å². The molecule has 0 aliphatic heterocycles. The minimum atomic E-state index is -1.32. The van der Waals surface area contributed by atoms with E-state index in [0.717, 1.165) is 32.1 Å². The van der Waals surface area contributed by atoms with Crippen molar-refractivity contribution in [1.29, 1.82) is 0 Å². The minimum Gasteiger partial charge on any atom is -0.378 e. The van der Waals surface area contributed by atoms with E-state index in [1.807, 2.05) is 32.3 Å². The van der Waals surface area contributed by atoms with Crippen LogP contribution in [0.15, 0.2) is 36.5 Å². The molecule has 0 spiro atoms. The number of benzene rings is 1. The molecular formula is C18H17N5O2S. The van der Waals surface area contributed by atoms with Gasteiger partial charge in [0.15, 0.2) is 17.6 Å². The van der Waals surface area contributed by atoms with Gasteiger partial charge in [-0.05, 0) is 30.2 Å². The molecule has 132 valence electrons. The molecule has 1 unspecified atom stereocenters. The van der Waals surface area contributed by atoms with Gasteiger partial charge in [0.05, 0.1) is 0 Å². The quantitative estimate of drug-likeness (QED) is 0.514. The van der Waals surface area contributed by atoms with E-state index in [1.54, 1.807) is 29.5 Å². The molecule has 0 radical (unpaired) electrons. The van der Waals surface area contributed by atoms with Crippen LogP contribution in [0.5, 0.6) is 0 Å². The van der Waals surface area contributed by atoms with Crippen molar-refractivity contribution in [2.75, 3.05) is 12.4 Å². The molecule has 3 heterocycles. The molecule has 8 heteroatoms. The number of nitrogens with zero attached hydrogens (tertiary/aromatic N) is 3. The van der Waals surface area contributed by atoms with Gasteiger partial charge in [-0.1, -0.05) is 18.2 Å². The molecule has 3 aromatic heterocycles. The predicted molar refractivity (Wildman–Crippen MR) is 102 cm³/mol. The number of aliphatic hydroxyl groups excluding tert-OH is 1. The highest BCUT2D eigenvalue weighted by Crippen LogP contribution is 2.35. The van der Waals surface area contributed by atoms with Crippen LogP contribution in [0, 0.1) is 6.92 Å². The predicted octanol–water partition coefficient (Wildman–Crippen LogP) is 2.48. The van der Waals surface area contributed by atoms with Crippen LogP contribution in [-0.4, -0.2) is 32.4 Å². The summed E-state index contributed by atoms with van der Waals surface area (Å²) in [5.41, 5.74) is 9.22. The second kappa shape index (κ2) is 6.08. The third-order valence-electron chi connectivity index (χ3n) is 4.27. The zero-order valence-electron chi connectivity index (χ0n) is 14.2. The van der Waals surface area contributed by atoms with Crippen molar-refractivity contribution < 1.29 is 9.90 Å². The highest BCUT2D eigenvalue weighted by molar-refractivity contribution is 7.21. The molecular weight excluding hydrogens is 350 g/mol. The molecule has 1 atom stereocenters. The number of hydrogen-bond acceptors (Lipinski definition) is 6. The van der Waals surface area contributed by atoms with Crippen LogP contribution in [0.1, 0.15) is 17.4 Å². The van der Waals surface area contributed by atoms with E-state index in [4.69, 9.17) is 5.73 Å². The van der Waals surface area contributed by atoms with Crippen LogP contribution in [0.2, 0.25) is 0 Å². The summed E-state index contributed by atoms with van der Waals surface area (Å²) in [5, 5.41) is 13.0. The zero-order chi connectivity index (χ0) is 18.4. The number of anilines is 1. The molecule has 0 saturated heterocycles. The van der Waals surface area contributed by atoms with Crippen LogP contribution in [0.4, 0.5) is 5.82 Å². The monoisotopic (exact) mass is 367 g/mol. The van der Waals surface area contributed by atoms with Gasteiger partial charge in [-0.3, -0.25) is 9.20 Å². The van der Waals surface area contributed by atoms with Crippen molar-refractivity contribution in [1.82, 2.24) is 14.4 Å². The maximum absolute atomic E-state index is 11.3. The number of thiophene rings is 1. The van der Waals surface area contributed by atoms with E-state index in [2.05, 4.69) is 19.7 Å². The summed E-state index contributed by atoms with van der Waals surface area (Å²) in [6.07, 6.45) is 0.501. The van der Waals surface area contributed by atoms with Gasteiger partial charge in [-0.2, -0.15) is 0 Å². The van der Waals surface area contributed by atoms with Crippen molar-refractivity contribution in [3.8, 4) is 10.4 Å². The number of carbonyl (C=O) groups is 1. The zero-order valence-corrected chi connectivity index (χ0v) is 15.0. The lowest BCUT2D eigenvalue weighted by molar-refractivity contribution is -0.126. The molecule has 4 rings (SSSR count). The lowest BCUT2D eigenvalue weighted by Crippen LogP contribution is -2.20. The van der Waals surface area contributed by atoms with E-state index < -0.39 is 12.0 Å². The number of amides is 1. The number of hydrogen-bond donors (Lipinski definition) is 3. The summed E-state index contributed by atoms with van der Waals surface area (Å²) in [5.74, 6) is -0.0533. The number of aryl methyl sites for hydroxylation is 1. The van der Waals surface area contributed by atoms with Crippen LogP contribution in [0.25, 0.3) is 26.4 Å². The first-order valence-electron chi connectivity index (χ1n) is 8.02. The molecule has 7 nitrogen and oxygen atoms in total. The average molecular weight is 367 g/mol. The Hall–Kier alpha value is -2.97. The number of aliphatic hydroxyl groups is 1. The number of nitrogens with one attached hydrogen (secondary N) is 1. The number of imidazole rings is 1. The SMILES string of the molecule is CNc1nc2cc(-c3cccc(C(O)C(N)=O)c3)sc2n2c(C)cnc12. The van der Waals surface area contributed by atoms with Gasteiger partial charge >= 0.3 is 0 Å². The number of rotatable bonds is 4. The van der Waals surface area contributed by atoms with Gasteiger partial charge in [0.2, 0.25) is 0 Å².